The number of carbonyl (C=O) groups is 1. The third kappa shape index (κ3) is 2.98. The van der Waals surface area contributed by atoms with E-state index in [-0.39, 0.29) is 11.4 Å². The molecule has 84 valence electrons. The monoisotopic (exact) mass is 293 g/mol. The van der Waals surface area contributed by atoms with Crippen molar-refractivity contribution in [1.82, 2.24) is 5.32 Å². The van der Waals surface area contributed by atoms with Gasteiger partial charge in [0.1, 0.15) is 0 Å². The Labute approximate surface area is 102 Å². The Morgan fingerprint density at radius 1 is 1.73 bits per heavy atom. The molecular weight excluding hydrogens is 281 g/mol. The van der Waals surface area contributed by atoms with E-state index in [1.165, 1.54) is 6.26 Å². The fraction of sp³-hybridized carbons (Fsp3) is 0.500. The Bertz CT molecular complexity index is 347. The highest BCUT2D eigenvalue weighted by molar-refractivity contribution is 9.10. The summed E-state index contributed by atoms with van der Waals surface area (Å²) in [6.45, 7) is 3.89. The summed E-state index contributed by atoms with van der Waals surface area (Å²) in [5.41, 5.74) is 0.106. The molecule has 0 spiro atoms. The van der Waals surface area contributed by atoms with Crippen LogP contribution in [0.3, 0.4) is 0 Å². The van der Waals surface area contributed by atoms with E-state index in [2.05, 4.69) is 21.2 Å². The SMILES string of the molecule is CCC(C)(CCl)NC(=O)c1ccoc1Br. The Morgan fingerprint density at radius 3 is 2.80 bits per heavy atom. The fourth-order valence-corrected chi connectivity index (χ4v) is 1.69. The maximum Gasteiger partial charge on any atom is 0.256 e. The molecule has 15 heavy (non-hydrogen) atoms. The molecule has 1 N–H and O–H groups in total. The zero-order valence-electron chi connectivity index (χ0n) is 8.64. The first-order chi connectivity index (χ1) is 7.02. The fourth-order valence-electron chi connectivity index (χ4n) is 1.01. The van der Waals surface area contributed by atoms with Gasteiger partial charge in [-0.3, -0.25) is 4.79 Å². The van der Waals surface area contributed by atoms with Crippen molar-refractivity contribution in [3.05, 3.63) is 22.6 Å². The van der Waals surface area contributed by atoms with E-state index in [9.17, 15) is 4.79 Å². The predicted molar refractivity (Wildman–Crippen MR) is 63.3 cm³/mol. The van der Waals surface area contributed by atoms with Crippen molar-refractivity contribution in [3.8, 4) is 0 Å². The number of nitrogens with one attached hydrogen (secondary N) is 1. The number of amides is 1. The number of alkyl halides is 1. The summed E-state index contributed by atoms with van der Waals surface area (Å²) in [7, 11) is 0. The van der Waals surface area contributed by atoms with Crippen molar-refractivity contribution in [2.45, 2.75) is 25.8 Å². The lowest BCUT2D eigenvalue weighted by atomic mass is 10.0. The number of hydrogen-bond donors (Lipinski definition) is 1. The van der Waals surface area contributed by atoms with Crippen LogP contribution in [0.4, 0.5) is 0 Å². The Kier molecular flexibility index (Phi) is 4.22. The molecule has 0 aliphatic rings. The molecule has 0 aliphatic carbocycles. The van der Waals surface area contributed by atoms with Crippen LogP contribution in [0.15, 0.2) is 21.4 Å². The molecule has 1 atom stereocenters. The molecule has 1 rings (SSSR count). The molecule has 1 heterocycles. The second-order valence-electron chi connectivity index (χ2n) is 3.61. The largest absolute Gasteiger partial charge is 0.457 e. The van der Waals surface area contributed by atoms with Crippen molar-refractivity contribution in [2.24, 2.45) is 0 Å². The molecule has 0 aromatic carbocycles. The molecule has 3 nitrogen and oxygen atoms in total. The van der Waals surface area contributed by atoms with Gasteiger partial charge in [0.2, 0.25) is 0 Å². The average Bonchev–Trinajstić information content (AvgIpc) is 2.64. The highest BCUT2D eigenvalue weighted by Gasteiger charge is 2.25. The molecule has 0 aliphatic heterocycles. The Balaban J connectivity index is 2.76. The van der Waals surface area contributed by atoms with Crippen LogP contribution in [-0.2, 0) is 0 Å². The maximum atomic E-state index is 11.8. The molecular formula is C10H13BrClNO2. The Morgan fingerprint density at radius 2 is 2.40 bits per heavy atom. The van der Waals surface area contributed by atoms with E-state index >= 15 is 0 Å². The van der Waals surface area contributed by atoms with Gasteiger partial charge in [0.25, 0.3) is 5.91 Å². The standard InChI is InChI=1S/C10H13BrClNO2/c1-3-10(2,6-12)13-9(14)7-4-5-15-8(7)11/h4-5H,3,6H2,1-2H3,(H,13,14). The molecule has 1 unspecified atom stereocenters. The highest BCUT2D eigenvalue weighted by Crippen LogP contribution is 2.19. The smallest absolute Gasteiger partial charge is 0.256 e. The molecule has 0 radical (unpaired) electrons. The summed E-state index contributed by atoms with van der Waals surface area (Å²) in [6, 6.07) is 1.61. The van der Waals surface area contributed by atoms with E-state index in [0.717, 1.165) is 6.42 Å². The van der Waals surface area contributed by atoms with Crippen molar-refractivity contribution in [1.29, 1.82) is 0 Å². The maximum absolute atomic E-state index is 11.8. The van der Waals surface area contributed by atoms with Gasteiger partial charge in [0, 0.05) is 5.88 Å². The van der Waals surface area contributed by atoms with Gasteiger partial charge in [-0.15, -0.1) is 11.6 Å². The van der Waals surface area contributed by atoms with Gasteiger partial charge in [-0.1, -0.05) is 6.92 Å². The number of rotatable bonds is 4. The minimum Gasteiger partial charge on any atom is -0.457 e. The average molecular weight is 295 g/mol. The van der Waals surface area contributed by atoms with Gasteiger partial charge < -0.3 is 9.73 Å². The summed E-state index contributed by atoms with van der Waals surface area (Å²) >= 11 is 8.96. The zero-order chi connectivity index (χ0) is 11.5. The minimum absolute atomic E-state index is 0.180. The first-order valence-corrected chi connectivity index (χ1v) is 5.96. The van der Waals surface area contributed by atoms with Crippen LogP contribution in [0.25, 0.3) is 0 Å². The second kappa shape index (κ2) is 5.03. The van der Waals surface area contributed by atoms with E-state index in [4.69, 9.17) is 16.0 Å². The van der Waals surface area contributed by atoms with Crippen molar-refractivity contribution < 1.29 is 9.21 Å². The van der Waals surface area contributed by atoms with Crippen LogP contribution >= 0.6 is 27.5 Å². The molecule has 5 heteroatoms. The van der Waals surface area contributed by atoms with Gasteiger partial charge in [-0.2, -0.15) is 0 Å². The van der Waals surface area contributed by atoms with Crippen LogP contribution < -0.4 is 5.32 Å². The van der Waals surface area contributed by atoms with Gasteiger partial charge in [-0.25, -0.2) is 0 Å². The van der Waals surface area contributed by atoms with Crippen molar-refractivity contribution in [2.75, 3.05) is 5.88 Å². The third-order valence-corrected chi connectivity index (χ3v) is 3.56. The predicted octanol–water partition coefficient (Wildman–Crippen LogP) is 3.18. The number of carbonyl (C=O) groups excluding carboxylic acids is 1. The lowest BCUT2D eigenvalue weighted by Crippen LogP contribution is -2.47. The van der Waals surface area contributed by atoms with Crippen LogP contribution in [0.1, 0.15) is 30.6 Å². The lowest BCUT2D eigenvalue weighted by Gasteiger charge is -2.26. The molecule has 1 aromatic heterocycles. The lowest BCUT2D eigenvalue weighted by molar-refractivity contribution is 0.0910. The van der Waals surface area contributed by atoms with E-state index in [1.54, 1.807) is 6.07 Å². The zero-order valence-corrected chi connectivity index (χ0v) is 11.0. The summed E-state index contributed by atoms with van der Waals surface area (Å²) < 4.78 is 5.43. The van der Waals surface area contributed by atoms with Crippen LogP contribution in [0.2, 0.25) is 0 Å². The molecule has 1 aromatic rings. The van der Waals surface area contributed by atoms with Gasteiger partial charge in [0.15, 0.2) is 4.67 Å². The summed E-state index contributed by atoms with van der Waals surface area (Å²) in [5, 5.41) is 2.88. The molecule has 0 saturated carbocycles. The number of halogens is 2. The molecule has 0 saturated heterocycles. The number of hydrogen-bond acceptors (Lipinski definition) is 2. The second-order valence-corrected chi connectivity index (χ2v) is 4.60. The topological polar surface area (TPSA) is 42.2 Å². The summed E-state index contributed by atoms with van der Waals surface area (Å²) in [5.74, 6) is 0.200. The van der Waals surface area contributed by atoms with Crippen molar-refractivity contribution in [3.63, 3.8) is 0 Å². The third-order valence-electron chi connectivity index (χ3n) is 2.35. The van der Waals surface area contributed by atoms with Gasteiger partial charge >= 0.3 is 0 Å². The molecule has 1 amide bonds. The first kappa shape index (κ1) is 12.6. The Hall–Kier alpha value is -0.480. The van der Waals surface area contributed by atoms with E-state index in [0.29, 0.717) is 16.1 Å². The quantitative estimate of drug-likeness (QED) is 0.867. The van der Waals surface area contributed by atoms with Gasteiger partial charge in [0.05, 0.1) is 17.4 Å². The minimum atomic E-state index is -0.380. The van der Waals surface area contributed by atoms with E-state index in [1.807, 2.05) is 13.8 Å². The van der Waals surface area contributed by atoms with Crippen molar-refractivity contribution >= 4 is 33.4 Å². The van der Waals surface area contributed by atoms with Gasteiger partial charge in [-0.05, 0) is 35.3 Å². The summed E-state index contributed by atoms with van der Waals surface area (Å²) in [6.07, 6.45) is 2.24. The summed E-state index contributed by atoms with van der Waals surface area (Å²) in [4.78, 5) is 11.8. The number of furan rings is 1. The van der Waals surface area contributed by atoms with Crippen LogP contribution in [0.5, 0.6) is 0 Å². The van der Waals surface area contributed by atoms with Crippen LogP contribution in [0, 0.1) is 0 Å². The molecule has 0 fully saturated rings. The highest BCUT2D eigenvalue weighted by atomic mass is 79.9. The molecule has 0 bridgehead atoms. The normalized spacial score (nSPS) is 14.7. The van der Waals surface area contributed by atoms with Crippen LogP contribution in [-0.4, -0.2) is 17.3 Å². The van der Waals surface area contributed by atoms with E-state index < -0.39 is 0 Å². The first-order valence-electron chi connectivity index (χ1n) is 4.64.